The third-order valence-corrected chi connectivity index (χ3v) is 5.42. The van der Waals surface area contributed by atoms with Gasteiger partial charge in [0, 0.05) is 37.1 Å². The second kappa shape index (κ2) is 6.48. The minimum Gasteiger partial charge on any atom is -0.334 e. The van der Waals surface area contributed by atoms with Gasteiger partial charge in [0.05, 0.1) is 10.7 Å². The first-order chi connectivity index (χ1) is 11.2. The fourth-order valence-corrected chi connectivity index (χ4v) is 4.29. The largest absolute Gasteiger partial charge is 0.434 e. The van der Waals surface area contributed by atoms with Gasteiger partial charge in [0.1, 0.15) is 5.82 Å². The minimum atomic E-state index is -4.36. The van der Waals surface area contributed by atoms with Gasteiger partial charge in [-0.25, -0.2) is 9.97 Å². The SMILES string of the molecule is Cc1nc(C)c(CN(C)CC2CCc3nc(C(F)(F)F)cn3C2)s1. The molecule has 0 saturated carbocycles. The molecule has 3 rings (SSSR count). The maximum Gasteiger partial charge on any atom is 0.434 e. The van der Waals surface area contributed by atoms with Crippen LogP contribution in [0.15, 0.2) is 6.20 Å². The Balaban J connectivity index is 1.61. The maximum atomic E-state index is 12.8. The molecule has 2 aromatic rings. The van der Waals surface area contributed by atoms with E-state index in [1.54, 1.807) is 15.9 Å². The van der Waals surface area contributed by atoms with E-state index in [2.05, 4.69) is 21.9 Å². The smallest absolute Gasteiger partial charge is 0.334 e. The quantitative estimate of drug-likeness (QED) is 0.836. The first-order valence-corrected chi connectivity index (χ1v) is 8.78. The second-order valence-electron chi connectivity index (χ2n) is 6.54. The minimum absolute atomic E-state index is 0.340. The monoisotopic (exact) mass is 358 g/mol. The van der Waals surface area contributed by atoms with Gasteiger partial charge in [0.25, 0.3) is 0 Å². The van der Waals surface area contributed by atoms with Crippen LogP contribution >= 0.6 is 11.3 Å². The molecule has 0 spiro atoms. The number of imidazole rings is 1. The van der Waals surface area contributed by atoms with Crippen LogP contribution in [0.3, 0.4) is 0 Å². The molecule has 0 radical (unpaired) electrons. The summed E-state index contributed by atoms with van der Waals surface area (Å²) in [4.78, 5) is 11.7. The predicted octanol–water partition coefficient (Wildman–Crippen LogP) is 3.67. The number of aryl methyl sites for hydroxylation is 3. The van der Waals surface area contributed by atoms with Gasteiger partial charge >= 0.3 is 6.18 Å². The van der Waals surface area contributed by atoms with Crippen LogP contribution in [-0.2, 0) is 25.7 Å². The maximum absolute atomic E-state index is 12.8. The van der Waals surface area contributed by atoms with E-state index in [4.69, 9.17) is 0 Å². The molecule has 0 bridgehead atoms. The molecule has 0 saturated heterocycles. The van der Waals surface area contributed by atoms with Gasteiger partial charge in [-0.1, -0.05) is 0 Å². The van der Waals surface area contributed by atoms with E-state index < -0.39 is 11.9 Å². The summed E-state index contributed by atoms with van der Waals surface area (Å²) in [5.41, 5.74) is 0.293. The molecule has 0 amide bonds. The van der Waals surface area contributed by atoms with E-state index in [0.717, 1.165) is 36.4 Å². The predicted molar refractivity (Wildman–Crippen MR) is 87.0 cm³/mol. The Morgan fingerprint density at radius 1 is 1.33 bits per heavy atom. The van der Waals surface area contributed by atoms with E-state index >= 15 is 0 Å². The van der Waals surface area contributed by atoms with Gasteiger partial charge in [-0.2, -0.15) is 13.2 Å². The fourth-order valence-electron chi connectivity index (χ4n) is 3.27. The van der Waals surface area contributed by atoms with Crippen molar-refractivity contribution in [2.75, 3.05) is 13.6 Å². The highest BCUT2D eigenvalue weighted by atomic mass is 32.1. The van der Waals surface area contributed by atoms with Crippen molar-refractivity contribution in [3.8, 4) is 0 Å². The molecule has 4 nitrogen and oxygen atoms in total. The summed E-state index contributed by atoms with van der Waals surface area (Å²) in [5, 5.41) is 1.07. The number of hydrogen-bond donors (Lipinski definition) is 0. The molecule has 2 aromatic heterocycles. The van der Waals surface area contributed by atoms with Gasteiger partial charge in [-0.15, -0.1) is 11.3 Å². The summed E-state index contributed by atoms with van der Waals surface area (Å²) in [6, 6.07) is 0. The van der Waals surface area contributed by atoms with E-state index in [0.29, 0.717) is 24.7 Å². The van der Waals surface area contributed by atoms with E-state index in [1.807, 2.05) is 13.8 Å². The van der Waals surface area contributed by atoms with E-state index in [9.17, 15) is 13.2 Å². The zero-order valence-electron chi connectivity index (χ0n) is 14.0. The van der Waals surface area contributed by atoms with Crippen LogP contribution in [0.25, 0.3) is 0 Å². The number of halogens is 3. The molecule has 0 aromatic carbocycles. The molecule has 24 heavy (non-hydrogen) atoms. The molecule has 132 valence electrons. The highest BCUT2D eigenvalue weighted by molar-refractivity contribution is 7.11. The van der Waals surface area contributed by atoms with Crippen molar-refractivity contribution in [2.24, 2.45) is 5.92 Å². The summed E-state index contributed by atoms with van der Waals surface area (Å²) in [7, 11) is 2.05. The number of alkyl halides is 3. The normalized spacial score (nSPS) is 18.2. The summed E-state index contributed by atoms with van der Waals surface area (Å²) >= 11 is 1.71. The lowest BCUT2D eigenvalue weighted by molar-refractivity contribution is -0.141. The first kappa shape index (κ1) is 17.4. The lowest BCUT2D eigenvalue weighted by Crippen LogP contribution is -2.31. The van der Waals surface area contributed by atoms with Crippen LogP contribution in [0.1, 0.15) is 33.5 Å². The molecule has 1 unspecified atom stereocenters. The van der Waals surface area contributed by atoms with E-state index in [-0.39, 0.29) is 0 Å². The Morgan fingerprint density at radius 2 is 2.08 bits per heavy atom. The second-order valence-corrected chi connectivity index (χ2v) is 7.82. The highest BCUT2D eigenvalue weighted by Gasteiger charge is 2.35. The lowest BCUT2D eigenvalue weighted by Gasteiger charge is -2.28. The van der Waals surface area contributed by atoms with Crippen LogP contribution in [0.2, 0.25) is 0 Å². The number of fused-ring (bicyclic) bond motifs is 1. The van der Waals surface area contributed by atoms with Crippen LogP contribution in [0.4, 0.5) is 13.2 Å². The Kier molecular flexibility index (Phi) is 4.70. The molecular weight excluding hydrogens is 337 g/mol. The van der Waals surface area contributed by atoms with Crippen molar-refractivity contribution >= 4 is 11.3 Å². The number of thiazole rings is 1. The topological polar surface area (TPSA) is 34.0 Å². The number of hydrogen-bond acceptors (Lipinski definition) is 4. The molecule has 1 aliphatic rings. The first-order valence-electron chi connectivity index (χ1n) is 7.97. The average molecular weight is 358 g/mol. The summed E-state index contributed by atoms with van der Waals surface area (Å²) in [5.74, 6) is 0.891. The Bertz CT molecular complexity index is 719. The van der Waals surface area contributed by atoms with Crippen molar-refractivity contribution < 1.29 is 13.2 Å². The van der Waals surface area contributed by atoms with Crippen LogP contribution < -0.4 is 0 Å². The lowest BCUT2D eigenvalue weighted by atomic mass is 9.99. The van der Waals surface area contributed by atoms with Crippen molar-refractivity contribution in [3.63, 3.8) is 0 Å². The van der Waals surface area contributed by atoms with Gasteiger partial charge < -0.3 is 9.47 Å². The zero-order chi connectivity index (χ0) is 17.5. The molecule has 3 heterocycles. The van der Waals surface area contributed by atoms with Gasteiger partial charge in [0.15, 0.2) is 5.69 Å². The van der Waals surface area contributed by atoms with Crippen molar-refractivity contribution in [1.82, 2.24) is 19.4 Å². The molecule has 0 N–H and O–H groups in total. The van der Waals surface area contributed by atoms with Crippen LogP contribution in [-0.4, -0.2) is 33.0 Å². The van der Waals surface area contributed by atoms with Crippen molar-refractivity contribution in [3.05, 3.63) is 33.3 Å². The Labute approximate surface area is 143 Å². The zero-order valence-corrected chi connectivity index (χ0v) is 14.8. The Morgan fingerprint density at radius 3 is 2.71 bits per heavy atom. The molecule has 1 atom stereocenters. The summed E-state index contributed by atoms with van der Waals surface area (Å²) in [6.07, 6.45) is -1.73. The number of rotatable bonds is 4. The fraction of sp³-hybridized carbons (Fsp3) is 0.625. The van der Waals surface area contributed by atoms with Crippen molar-refractivity contribution in [2.45, 2.75) is 46.0 Å². The summed E-state index contributed by atoms with van der Waals surface area (Å²) < 4.78 is 40.0. The van der Waals surface area contributed by atoms with Gasteiger partial charge in [-0.3, -0.25) is 0 Å². The molecule has 0 aliphatic carbocycles. The standard InChI is InChI=1S/C16H21F3N4S/c1-10-13(24-11(2)20-10)8-22(3)6-12-4-5-15-21-14(16(17,18)19)9-23(15)7-12/h9,12H,4-8H2,1-3H3. The third kappa shape index (κ3) is 3.80. The molecule has 8 heteroatoms. The number of aromatic nitrogens is 3. The van der Waals surface area contributed by atoms with Gasteiger partial charge in [-0.05, 0) is 33.2 Å². The average Bonchev–Trinajstić information content (AvgIpc) is 3.01. The van der Waals surface area contributed by atoms with Gasteiger partial charge in [0.2, 0.25) is 0 Å². The summed E-state index contributed by atoms with van der Waals surface area (Å²) in [6.45, 7) is 6.31. The molecule has 1 aliphatic heterocycles. The van der Waals surface area contributed by atoms with Crippen LogP contribution in [0, 0.1) is 19.8 Å². The number of nitrogens with zero attached hydrogens (tertiary/aromatic N) is 4. The van der Waals surface area contributed by atoms with E-state index in [1.165, 1.54) is 4.88 Å². The van der Waals surface area contributed by atoms with Crippen molar-refractivity contribution in [1.29, 1.82) is 0 Å². The molecular formula is C16H21F3N4S. The Hall–Kier alpha value is -1.41. The highest BCUT2D eigenvalue weighted by Crippen LogP contribution is 2.31. The third-order valence-electron chi connectivity index (χ3n) is 4.36. The van der Waals surface area contributed by atoms with Crippen LogP contribution in [0.5, 0.6) is 0 Å². The molecule has 0 fully saturated rings.